The highest BCUT2D eigenvalue weighted by Crippen LogP contribution is 2.21. The molecule has 1 atom stereocenters. The molecule has 112 valence electrons. The van der Waals surface area contributed by atoms with Crippen molar-refractivity contribution < 1.29 is 9.47 Å². The van der Waals surface area contributed by atoms with Gasteiger partial charge in [-0.05, 0) is 56.3 Å². The smallest absolute Gasteiger partial charge is 0.127 e. The Balaban J connectivity index is 1.57. The summed E-state index contributed by atoms with van der Waals surface area (Å²) in [5, 5.41) is 0. The van der Waals surface area contributed by atoms with Crippen LogP contribution in [0.15, 0.2) is 72.5 Å². The molecule has 2 nitrogen and oxygen atoms in total. The number of allylic oxidation sites excluding steroid dienone is 1. The monoisotopic (exact) mass is 292 g/mol. The normalized spacial score (nSPS) is 17.0. The lowest BCUT2D eigenvalue weighted by Gasteiger charge is -2.18. The van der Waals surface area contributed by atoms with Crippen molar-refractivity contribution >= 4 is 0 Å². The van der Waals surface area contributed by atoms with Crippen LogP contribution in [0.25, 0.3) is 0 Å². The van der Waals surface area contributed by atoms with Crippen molar-refractivity contribution in [1.29, 1.82) is 0 Å². The van der Waals surface area contributed by atoms with E-state index < -0.39 is 0 Å². The van der Waals surface area contributed by atoms with E-state index in [0.29, 0.717) is 0 Å². The summed E-state index contributed by atoms with van der Waals surface area (Å²) in [6.07, 6.45) is 6.96. The quantitative estimate of drug-likeness (QED) is 0.791. The SMILES string of the molecule is Cc1ccc(OC2=CCC(Oc3ccc(C)cc3)C=C2)cc1. The highest BCUT2D eigenvalue weighted by Gasteiger charge is 2.11. The molecule has 1 unspecified atom stereocenters. The van der Waals surface area contributed by atoms with Crippen molar-refractivity contribution in [2.75, 3.05) is 0 Å². The number of rotatable bonds is 4. The fourth-order valence-electron chi connectivity index (χ4n) is 2.28. The predicted molar refractivity (Wildman–Crippen MR) is 89.2 cm³/mol. The van der Waals surface area contributed by atoms with E-state index >= 15 is 0 Å². The van der Waals surface area contributed by atoms with Crippen LogP contribution < -0.4 is 9.47 Å². The van der Waals surface area contributed by atoms with Gasteiger partial charge in [0, 0.05) is 6.42 Å². The van der Waals surface area contributed by atoms with E-state index in [0.717, 1.165) is 23.7 Å². The predicted octanol–water partition coefficient (Wildman–Crippen LogP) is 4.97. The largest absolute Gasteiger partial charge is 0.486 e. The first kappa shape index (κ1) is 14.5. The van der Waals surface area contributed by atoms with E-state index in [1.54, 1.807) is 0 Å². The number of ether oxygens (including phenoxy) is 2. The third-order valence-electron chi connectivity index (χ3n) is 3.59. The van der Waals surface area contributed by atoms with Gasteiger partial charge in [0.15, 0.2) is 0 Å². The topological polar surface area (TPSA) is 18.5 Å². The van der Waals surface area contributed by atoms with Crippen LogP contribution in [0.5, 0.6) is 11.5 Å². The molecule has 2 heteroatoms. The Morgan fingerprint density at radius 3 is 1.95 bits per heavy atom. The van der Waals surface area contributed by atoms with Crippen molar-refractivity contribution in [2.45, 2.75) is 26.4 Å². The van der Waals surface area contributed by atoms with Gasteiger partial charge in [-0.25, -0.2) is 0 Å². The van der Waals surface area contributed by atoms with Crippen molar-refractivity contribution in [1.82, 2.24) is 0 Å². The van der Waals surface area contributed by atoms with Crippen molar-refractivity contribution in [3.8, 4) is 11.5 Å². The molecule has 0 heterocycles. The van der Waals surface area contributed by atoms with Crippen LogP contribution in [0.2, 0.25) is 0 Å². The third kappa shape index (κ3) is 3.79. The minimum Gasteiger partial charge on any atom is -0.486 e. The molecule has 22 heavy (non-hydrogen) atoms. The highest BCUT2D eigenvalue weighted by atomic mass is 16.5. The molecule has 0 aliphatic heterocycles. The average molecular weight is 292 g/mol. The molecule has 2 aromatic carbocycles. The van der Waals surface area contributed by atoms with Crippen LogP contribution >= 0.6 is 0 Å². The fourth-order valence-corrected chi connectivity index (χ4v) is 2.28. The van der Waals surface area contributed by atoms with Gasteiger partial charge in [0.2, 0.25) is 0 Å². The third-order valence-corrected chi connectivity index (χ3v) is 3.59. The van der Waals surface area contributed by atoms with Gasteiger partial charge in [-0.2, -0.15) is 0 Å². The fraction of sp³-hybridized carbons (Fsp3) is 0.200. The summed E-state index contributed by atoms with van der Waals surface area (Å²) >= 11 is 0. The first-order valence-corrected chi connectivity index (χ1v) is 7.55. The zero-order valence-corrected chi connectivity index (χ0v) is 13.0. The van der Waals surface area contributed by atoms with Crippen LogP contribution in [0.3, 0.4) is 0 Å². The number of hydrogen-bond donors (Lipinski definition) is 0. The first-order chi connectivity index (χ1) is 10.7. The van der Waals surface area contributed by atoms with E-state index in [-0.39, 0.29) is 6.10 Å². The Labute approximate surface area is 131 Å². The molecule has 0 radical (unpaired) electrons. The summed E-state index contributed by atoms with van der Waals surface area (Å²) in [5.41, 5.74) is 2.47. The van der Waals surface area contributed by atoms with Crippen molar-refractivity contribution in [3.63, 3.8) is 0 Å². The molecule has 3 rings (SSSR count). The van der Waals surface area contributed by atoms with Gasteiger partial charge >= 0.3 is 0 Å². The maximum Gasteiger partial charge on any atom is 0.127 e. The Kier molecular flexibility index (Phi) is 4.29. The summed E-state index contributed by atoms with van der Waals surface area (Å²) in [5.74, 6) is 2.63. The summed E-state index contributed by atoms with van der Waals surface area (Å²) in [7, 11) is 0. The standard InChI is InChI=1S/C20H20O2/c1-15-3-7-17(8-4-15)21-19-11-13-20(14-12-19)22-18-9-5-16(2)6-10-18/h3-13,20H,14H2,1-2H3. The number of aryl methyl sites for hydroxylation is 2. The molecule has 0 saturated heterocycles. The van der Waals surface area contributed by atoms with Gasteiger partial charge in [-0.3, -0.25) is 0 Å². The molecular formula is C20H20O2. The molecule has 0 aromatic heterocycles. The Morgan fingerprint density at radius 1 is 0.818 bits per heavy atom. The summed E-state index contributed by atoms with van der Waals surface area (Å²) in [4.78, 5) is 0. The van der Waals surface area contributed by atoms with Crippen LogP contribution in [0, 0.1) is 13.8 Å². The van der Waals surface area contributed by atoms with Gasteiger partial charge in [-0.15, -0.1) is 0 Å². The Morgan fingerprint density at radius 2 is 1.41 bits per heavy atom. The zero-order valence-electron chi connectivity index (χ0n) is 13.0. The number of benzene rings is 2. The molecule has 1 aliphatic rings. The van der Waals surface area contributed by atoms with Gasteiger partial charge in [0.25, 0.3) is 0 Å². The van der Waals surface area contributed by atoms with Crippen LogP contribution in [-0.4, -0.2) is 6.10 Å². The van der Waals surface area contributed by atoms with E-state index in [4.69, 9.17) is 9.47 Å². The maximum absolute atomic E-state index is 5.94. The van der Waals surface area contributed by atoms with E-state index in [1.165, 1.54) is 11.1 Å². The van der Waals surface area contributed by atoms with E-state index in [1.807, 2.05) is 48.6 Å². The molecule has 1 aliphatic carbocycles. The highest BCUT2D eigenvalue weighted by molar-refractivity contribution is 5.32. The molecule has 0 N–H and O–H groups in total. The second kappa shape index (κ2) is 6.52. The molecule has 0 amide bonds. The molecular weight excluding hydrogens is 272 g/mol. The Hall–Kier alpha value is -2.48. The maximum atomic E-state index is 5.94. The van der Waals surface area contributed by atoms with Crippen LogP contribution in [0.1, 0.15) is 17.5 Å². The lowest BCUT2D eigenvalue weighted by Crippen LogP contribution is -2.15. The van der Waals surface area contributed by atoms with Gasteiger partial charge < -0.3 is 9.47 Å². The van der Waals surface area contributed by atoms with Crippen molar-refractivity contribution in [3.05, 3.63) is 83.6 Å². The van der Waals surface area contributed by atoms with E-state index in [2.05, 4.69) is 32.1 Å². The molecule has 2 aromatic rings. The second-order valence-corrected chi connectivity index (χ2v) is 5.59. The van der Waals surface area contributed by atoms with Crippen LogP contribution in [0.4, 0.5) is 0 Å². The average Bonchev–Trinajstić information content (AvgIpc) is 2.54. The summed E-state index contributed by atoms with van der Waals surface area (Å²) < 4.78 is 11.8. The second-order valence-electron chi connectivity index (χ2n) is 5.59. The lowest BCUT2D eigenvalue weighted by atomic mass is 10.1. The molecule has 0 fully saturated rings. The summed E-state index contributed by atoms with van der Waals surface area (Å²) in [6.45, 7) is 4.14. The first-order valence-electron chi connectivity index (χ1n) is 7.55. The number of hydrogen-bond acceptors (Lipinski definition) is 2. The lowest BCUT2D eigenvalue weighted by molar-refractivity contribution is 0.248. The molecule has 0 saturated carbocycles. The van der Waals surface area contributed by atoms with Crippen molar-refractivity contribution in [2.24, 2.45) is 0 Å². The van der Waals surface area contributed by atoms with Gasteiger partial charge in [0.05, 0.1) is 0 Å². The molecule has 0 bridgehead atoms. The van der Waals surface area contributed by atoms with Crippen LogP contribution in [-0.2, 0) is 0 Å². The Bertz CT molecular complexity index is 679. The summed E-state index contributed by atoms with van der Waals surface area (Å²) in [6, 6.07) is 16.2. The zero-order chi connectivity index (χ0) is 15.4. The molecule has 0 spiro atoms. The minimum atomic E-state index is 0.0630. The van der Waals surface area contributed by atoms with Gasteiger partial charge in [0.1, 0.15) is 23.4 Å². The van der Waals surface area contributed by atoms with E-state index in [9.17, 15) is 0 Å². The van der Waals surface area contributed by atoms with Gasteiger partial charge in [-0.1, -0.05) is 35.4 Å². The minimum absolute atomic E-state index is 0.0630.